The second kappa shape index (κ2) is 8.69. The van der Waals surface area contributed by atoms with Crippen molar-refractivity contribution < 1.29 is 9.59 Å². The molecule has 4 rings (SSSR count). The summed E-state index contributed by atoms with van der Waals surface area (Å²) < 4.78 is 0. The summed E-state index contributed by atoms with van der Waals surface area (Å²) in [6.07, 6.45) is 5.82. The second-order valence-corrected chi connectivity index (χ2v) is 8.45. The van der Waals surface area contributed by atoms with Gasteiger partial charge in [-0.05, 0) is 43.7 Å². The van der Waals surface area contributed by atoms with Crippen molar-refractivity contribution >= 4 is 39.2 Å². The summed E-state index contributed by atoms with van der Waals surface area (Å²) in [4.78, 5) is 33.1. The maximum absolute atomic E-state index is 12.9. The molecular formula is C22H24N4O2S. The minimum absolute atomic E-state index is 0.0270. The predicted molar refractivity (Wildman–Crippen MR) is 115 cm³/mol. The lowest BCUT2D eigenvalue weighted by molar-refractivity contribution is -0.119. The Kier molecular flexibility index (Phi) is 5.85. The maximum atomic E-state index is 12.9. The van der Waals surface area contributed by atoms with Gasteiger partial charge >= 0.3 is 0 Å². The first-order valence-electron chi connectivity index (χ1n) is 9.95. The van der Waals surface area contributed by atoms with Crippen LogP contribution in [-0.2, 0) is 4.79 Å². The lowest BCUT2D eigenvalue weighted by Crippen LogP contribution is -2.29. The number of carbonyl (C=O) groups is 2. The molecule has 0 unspecified atom stereocenters. The highest BCUT2D eigenvalue weighted by atomic mass is 32.1. The number of anilines is 1. The lowest BCUT2D eigenvalue weighted by Gasteiger charge is -2.28. The Bertz CT molecular complexity index is 1010. The zero-order valence-corrected chi connectivity index (χ0v) is 17.2. The Morgan fingerprint density at radius 3 is 2.69 bits per heavy atom. The number of nitrogens with one attached hydrogen (secondary N) is 2. The van der Waals surface area contributed by atoms with Crippen molar-refractivity contribution in [3.8, 4) is 0 Å². The largest absolute Gasteiger partial charge is 0.356 e. The molecule has 2 heterocycles. The fourth-order valence-electron chi connectivity index (χ4n) is 3.99. The Balaban J connectivity index is 1.56. The number of carbonyl (C=O) groups excluding carboxylic acids is 2. The number of benzene rings is 1. The average molecular weight is 409 g/mol. The van der Waals surface area contributed by atoms with Crippen LogP contribution in [0.25, 0.3) is 10.9 Å². The molecule has 0 atom stereocenters. The average Bonchev–Trinajstić information content (AvgIpc) is 3.24. The normalized spacial score (nSPS) is 19.1. The summed E-state index contributed by atoms with van der Waals surface area (Å²) in [6.45, 7) is 2.30. The standard InChI is InChI=1S/C22H24N4O2S/c1-14(27)24-13-15-6-8-16(9-7-15)20-12-18(17-4-2-3-5-19(17)25-20)21(28)26-22-23-10-11-29-22/h2-5,10-12,15-16H,6-9,13H2,1H3,(H,24,27)(H,23,26,28). The SMILES string of the molecule is CC(=O)NCC1CCC(c2cc(C(=O)Nc3nccs3)c3ccccc3n2)CC1. The monoisotopic (exact) mass is 408 g/mol. The molecule has 1 saturated carbocycles. The second-order valence-electron chi connectivity index (χ2n) is 7.56. The summed E-state index contributed by atoms with van der Waals surface area (Å²) in [5, 5.41) is 9.11. The Labute approximate surface area is 173 Å². The zero-order valence-electron chi connectivity index (χ0n) is 16.4. The van der Waals surface area contributed by atoms with Crippen molar-refractivity contribution in [3.05, 3.63) is 53.2 Å². The Morgan fingerprint density at radius 1 is 1.17 bits per heavy atom. The molecular weight excluding hydrogens is 384 g/mol. The number of fused-ring (bicyclic) bond motifs is 1. The van der Waals surface area contributed by atoms with Gasteiger partial charge in [-0.3, -0.25) is 19.9 Å². The summed E-state index contributed by atoms with van der Waals surface area (Å²) >= 11 is 1.40. The molecule has 0 radical (unpaired) electrons. The molecule has 2 aromatic heterocycles. The third-order valence-electron chi connectivity index (χ3n) is 5.54. The molecule has 6 nitrogen and oxygen atoms in total. The summed E-state index contributed by atoms with van der Waals surface area (Å²) in [6, 6.07) is 9.72. The lowest BCUT2D eigenvalue weighted by atomic mass is 9.80. The maximum Gasteiger partial charge on any atom is 0.258 e. The topological polar surface area (TPSA) is 84.0 Å². The highest BCUT2D eigenvalue weighted by Crippen LogP contribution is 2.36. The van der Waals surface area contributed by atoms with Crippen LogP contribution in [0.4, 0.5) is 5.13 Å². The number of amides is 2. The van der Waals surface area contributed by atoms with E-state index in [-0.39, 0.29) is 11.8 Å². The number of thiazole rings is 1. The zero-order chi connectivity index (χ0) is 20.2. The number of hydrogen-bond donors (Lipinski definition) is 2. The number of hydrogen-bond acceptors (Lipinski definition) is 5. The van der Waals surface area contributed by atoms with Crippen LogP contribution < -0.4 is 10.6 Å². The smallest absolute Gasteiger partial charge is 0.258 e. The van der Waals surface area contributed by atoms with Gasteiger partial charge in [0.2, 0.25) is 5.91 Å². The van der Waals surface area contributed by atoms with Crippen LogP contribution in [0, 0.1) is 5.92 Å². The van der Waals surface area contributed by atoms with Crippen LogP contribution in [0.3, 0.4) is 0 Å². The summed E-state index contributed by atoms with van der Waals surface area (Å²) in [5.74, 6) is 0.723. The first-order chi connectivity index (χ1) is 14.1. The van der Waals surface area contributed by atoms with Gasteiger partial charge in [0.1, 0.15) is 0 Å². The number of pyridine rings is 1. The van der Waals surface area contributed by atoms with Gasteiger partial charge in [0.15, 0.2) is 5.13 Å². The van der Waals surface area contributed by atoms with E-state index in [2.05, 4.69) is 15.6 Å². The highest BCUT2D eigenvalue weighted by Gasteiger charge is 2.25. The van der Waals surface area contributed by atoms with E-state index in [1.807, 2.05) is 35.7 Å². The van der Waals surface area contributed by atoms with E-state index in [1.165, 1.54) is 11.3 Å². The number of nitrogens with zero attached hydrogens (tertiary/aromatic N) is 2. The van der Waals surface area contributed by atoms with Crippen molar-refractivity contribution in [2.45, 2.75) is 38.5 Å². The summed E-state index contributed by atoms with van der Waals surface area (Å²) in [7, 11) is 0. The van der Waals surface area contributed by atoms with Gasteiger partial charge < -0.3 is 5.32 Å². The van der Waals surface area contributed by atoms with E-state index in [1.54, 1.807) is 13.1 Å². The third-order valence-corrected chi connectivity index (χ3v) is 6.23. The minimum Gasteiger partial charge on any atom is -0.356 e. The molecule has 29 heavy (non-hydrogen) atoms. The first kappa shape index (κ1) is 19.5. The molecule has 2 N–H and O–H groups in total. The molecule has 3 aromatic rings. The molecule has 1 aromatic carbocycles. The quantitative estimate of drug-likeness (QED) is 0.657. The van der Waals surface area contributed by atoms with Gasteiger partial charge in [-0.25, -0.2) is 4.98 Å². The van der Waals surface area contributed by atoms with Gasteiger partial charge in [0.05, 0.1) is 11.1 Å². The van der Waals surface area contributed by atoms with Crippen LogP contribution in [-0.4, -0.2) is 28.3 Å². The van der Waals surface area contributed by atoms with E-state index < -0.39 is 0 Å². The van der Waals surface area contributed by atoms with Crippen molar-refractivity contribution in [3.63, 3.8) is 0 Å². The van der Waals surface area contributed by atoms with Gasteiger partial charge in [-0.1, -0.05) is 18.2 Å². The molecule has 0 spiro atoms. The van der Waals surface area contributed by atoms with Crippen molar-refractivity contribution in [1.29, 1.82) is 0 Å². The fraction of sp³-hybridized carbons (Fsp3) is 0.364. The Hall–Kier alpha value is -2.80. The van der Waals surface area contributed by atoms with Crippen molar-refractivity contribution in [1.82, 2.24) is 15.3 Å². The van der Waals surface area contributed by atoms with Gasteiger partial charge in [-0.2, -0.15) is 0 Å². The van der Waals surface area contributed by atoms with E-state index >= 15 is 0 Å². The summed E-state index contributed by atoms with van der Waals surface area (Å²) in [5.41, 5.74) is 2.46. The van der Waals surface area contributed by atoms with Crippen LogP contribution in [0.15, 0.2) is 41.9 Å². The van der Waals surface area contributed by atoms with Gasteiger partial charge in [0, 0.05) is 42.0 Å². The third kappa shape index (κ3) is 4.62. The van der Waals surface area contributed by atoms with Gasteiger partial charge in [0.25, 0.3) is 5.91 Å². The molecule has 7 heteroatoms. The molecule has 150 valence electrons. The van der Waals surface area contributed by atoms with Gasteiger partial charge in [-0.15, -0.1) is 11.3 Å². The Morgan fingerprint density at radius 2 is 1.97 bits per heavy atom. The molecule has 1 aliphatic rings. The number of para-hydroxylation sites is 1. The van der Waals surface area contributed by atoms with Crippen molar-refractivity contribution in [2.24, 2.45) is 5.92 Å². The van der Waals surface area contributed by atoms with Crippen LogP contribution in [0.5, 0.6) is 0 Å². The number of rotatable bonds is 5. The fourth-order valence-corrected chi connectivity index (χ4v) is 4.52. The molecule has 0 bridgehead atoms. The van der Waals surface area contributed by atoms with E-state index in [0.29, 0.717) is 22.5 Å². The molecule has 1 fully saturated rings. The predicted octanol–water partition coefficient (Wildman–Crippen LogP) is 4.35. The van der Waals surface area contributed by atoms with E-state index in [4.69, 9.17) is 4.98 Å². The van der Waals surface area contributed by atoms with Crippen LogP contribution >= 0.6 is 11.3 Å². The van der Waals surface area contributed by atoms with E-state index in [9.17, 15) is 9.59 Å². The molecule has 0 aliphatic heterocycles. The molecule has 2 amide bonds. The molecule has 1 aliphatic carbocycles. The van der Waals surface area contributed by atoms with E-state index in [0.717, 1.165) is 48.8 Å². The number of aromatic nitrogens is 2. The minimum atomic E-state index is -0.154. The van der Waals surface area contributed by atoms with Crippen LogP contribution in [0.1, 0.15) is 54.6 Å². The molecule has 0 saturated heterocycles. The first-order valence-corrected chi connectivity index (χ1v) is 10.8. The highest BCUT2D eigenvalue weighted by molar-refractivity contribution is 7.13. The van der Waals surface area contributed by atoms with Crippen LogP contribution in [0.2, 0.25) is 0 Å². The van der Waals surface area contributed by atoms with Crippen molar-refractivity contribution in [2.75, 3.05) is 11.9 Å².